The molecule has 0 aliphatic rings. The van der Waals surface area contributed by atoms with Crippen molar-refractivity contribution in [2.75, 3.05) is 14.1 Å². The van der Waals surface area contributed by atoms with Gasteiger partial charge in [0.25, 0.3) is 0 Å². The molecule has 1 aromatic rings. The number of hydrogen-bond acceptors (Lipinski definition) is 4. The summed E-state index contributed by atoms with van der Waals surface area (Å²) < 4.78 is 0. The Morgan fingerprint density at radius 3 is 2.69 bits per heavy atom. The maximum atomic E-state index is 10.7. The van der Waals surface area contributed by atoms with Crippen LogP contribution < -0.4 is 0 Å². The standard InChI is InChI=1S/C9H11N3O/c1-12(2)6-8(7-13)9-5-10-3-4-11-9/h3-7H,1-2H3. The van der Waals surface area contributed by atoms with Crippen molar-refractivity contribution in [2.45, 2.75) is 0 Å². The highest BCUT2D eigenvalue weighted by atomic mass is 16.1. The highest BCUT2D eigenvalue weighted by Gasteiger charge is 2.00. The first kappa shape index (κ1) is 9.38. The SMILES string of the molecule is CN(C)C=C(C=O)c1cnccn1. The van der Waals surface area contributed by atoms with Crippen LogP contribution in [0, 0.1) is 0 Å². The van der Waals surface area contributed by atoms with Gasteiger partial charge in [0.05, 0.1) is 17.5 Å². The minimum absolute atomic E-state index is 0.526. The van der Waals surface area contributed by atoms with Crippen LogP contribution in [0.25, 0.3) is 5.57 Å². The third kappa shape index (κ3) is 2.66. The lowest BCUT2D eigenvalue weighted by Crippen LogP contribution is -2.04. The second-order valence-electron chi connectivity index (χ2n) is 2.76. The first-order chi connectivity index (χ1) is 6.24. The Labute approximate surface area is 76.9 Å². The van der Waals surface area contributed by atoms with Crippen LogP contribution in [0.5, 0.6) is 0 Å². The zero-order valence-corrected chi connectivity index (χ0v) is 7.64. The van der Waals surface area contributed by atoms with E-state index in [0.717, 1.165) is 6.29 Å². The number of carbonyl (C=O) groups is 1. The Morgan fingerprint density at radius 2 is 2.23 bits per heavy atom. The Hall–Kier alpha value is -1.71. The van der Waals surface area contributed by atoms with Gasteiger partial charge in [-0.1, -0.05) is 0 Å². The topological polar surface area (TPSA) is 46.1 Å². The molecule has 1 heterocycles. The largest absolute Gasteiger partial charge is 0.383 e. The zero-order valence-electron chi connectivity index (χ0n) is 7.64. The number of aromatic nitrogens is 2. The Kier molecular flexibility index (Phi) is 3.14. The molecule has 0 saturated heterocycles. The molecular weight excluding hydrogens is 166 g/mol. The van der Waals surface area contributed by atoms with Crippen molar-refractivity contribution in [3.63, 3.8) is 0 Å². The quantitative estimate of drug-likeness (QED) is 0.500. The Bertz CT molecular complexity index is 306. The summed E-state index contributed by atoms with van der Waals surface area (Å²) >= 11 is 0. The maximum absolute atomic E-state index is 10.7. The van der Waals surface area contributed by atoms with Crippen molar-refractivity contribution < 1.29 is 4.79 Å². The van der Waals surface area contributed by atoms with Crippen molar-refractivity contribution >= 4 is 11.9 Å². The predicted molar refractivity (Wildman–Crippen MR) is 49.8 cm³/mol. The van der Waals surface area contributed by atoms with Crippen LogP contribution in [0.3, 0.4) is 0 Å². The molecule has 0 N–H and O–H groups in total. The van der Waals surface area contributed by atoms with Crippen molar-refractivity contribution in [3.8, 4) is 0 Å². The normalized spacial score (nSPS) is 11.1. The van der Waals surface area contributed by atoms with Gasteiger partial charge < -0.3 is 4.90 Å². The van der Waals surface area contributed by atoms with Crippen LogP contribution in [0.4, 0.5) is 0 Å². The Morgan fingerprint density at radius 1 is 1.46 bits per heavy atom. The van der Waals surface area contributed by atoms with E-state index in [1.165, 1.54) is 0 Å². The van der Waals surface area contributed by atoms with Gasteiger partial charge in [-0.3, -0.25) is 14.8 Å². The fourth-order valence-electron chi connectivity index (χ4n) is 0.883. The molecule has 0 aromatic carbocycles. The average Bonchev–Trinajstić information content (AvgIpc) is 2.15. The van der Waals surface area contributed by atoms with Gasteiger partial charge in [-0.2, -0.15) is 0 Å². The lowest BCUT2D eigenvalue weighted by Gasteiger charge is -2.05. The van der Waals surface area contributed by atoms with E-state index >= 15 is 0 Å². The summed E-state index contributed by atoms with van der Waals surface area (Å²) in [5, 5.41) is 0. The summed E-state index contributed by atoms with van der Waals surface area (Å²) in [6.07, 6.45) is 7.16. The third-order valence-corrected chi connectivity index (χ3v) is 1.38. The molecule has 4 heteroatoms. The van der Waals surface area contributed by atoms with Crippen LogP contribution in [0.1, 0.15) is 5.69 Å². The third-order valence-electron chi connectivity index (χ3n) is 1.38. The lowest BCUT2D eigenvalue weighted by atomic mass is 10.2. The van der Waals surface area contributed by atoms with Crippen molar-refractivity contribution in [1.29, 1.82) is 0 Å². The molecule has 0 bridgehead atoms. The van der Waals surface area contributed by atoms with Crippen molar-refractivity contribution in [3.05, 3.63) is 30.5 Å². The second-order valence-corrected chi connectivity index (χ2v) is 2.76. The maximum Gasteiger partial charge on any atom is 0.153 e. The van der Waals surface area contributed by atoms with Gasteiger partial charge in [-0.05, 0) is 0 Å². The monoisotopic (exact) mass is 177 g/mol. The van der Waals surface area contributed by atoms with Gasteiger partial charge in [0.15, 0.2) is 6.29 Å². The molecule has 0 spiro atoms. The molecule has 0 aliphatic carbocycles. The van der Waals surface area contributed by atoms with E-state index in [4.69, 9.17) is 0 Å². The van der Waals surface area contributed by atoms with Gasteiger partial charge >= 0.3 is 0 Å². The minimum atomic E-state index is 0.526. The number of carbonyl (C=O) groups excluding carboxylic acids is 1. The highest BCUT2D eigenvalue weighted by molar-refractivity contribution is 6.05. The van der Waals surface area contributed by atoms with E-state index in [2.05, 4.69) is 9.97 Å². The molecule has 4 nitrogen and oxygen atoms in total. The van der Waals surface area contributed by atoms with E-state index in [-0.39, 0.29) is 0 Å². The van der Waals surface area contributed by atoms with E-state index in [1.807, 2.05) is 14.1 Å². The van der Waals surface area contributed by atoms with Crippen LogP contribution in [-0.2, 0) is 4.79 Å². The molecule has 0 fully saturated rings. The van der Waals surface area contributed by atoms with Gasteiger partial charge in [0.2, 0.25) is 0 Å². The molecule has 0 radical (unpaired) electrons. The number of nitrogens with zero attached hydrogens (tertiary/aromatic N) is 3. The van der Waals surface area contributed by atoms with E-state index < -0.39 is 0 Å². The molecule has 0 amide bonds. The molecule has 1 aromatic heterocycles. The fraction of sp³-hybridized carbons (Fsp3) is 0.222. The lowest BCUT2D eigenvalue weighted by molar-refractivity contribution is -0.103. The predicted octanol–water partition coefficient (Wildman–Crippen LogP) is 0.578. The fourth-order valence-corrected chi connectivity index (χ4v) is 0.883. The molecule has 1 rings (SSSR count). The summed E-state index contributed by atoms with van der Waals surface area (Å²) in [6, 6.07) is 0. The zero-order chi connectivity index (χ0) is 9.68. The molecule has 0 atom stereocenters. The van der Waals surface area contributed by atoms with Crippen molar-refractivity contribution in [1.82, 2.24) is 14.9 Å². The Balaban J connectivity index is 2.98. The first-order valence-electron chi connectivity index (χ1n) is 3.84. The number of hydrogen-bond donors (Lipinski definition) is 0. The molecule has 0 unspecified atom stereocenters. The summed E-state index contributed by atoms with van der Waals surface area (Å²) in [5.74, 6) is 0. The molecule has 0 aliphatic heterocycles. The van der Waals surface area contributed by atoms with Crippen molar-refractivity contribution in [2.24, 2.45) is 0 Å². The smallest absolute Gasteiger partial charge is 0.153 e. The minimum Gasteiger partial charge on any atom is -0.383 e. The first-order valence-corrected chi connectivity index (χ1v) is 3.84. The van der Waals surface area contributed by atoms with Crippen LogP contribution in [0.15, 0.2) is 24.8 Å². The van der Waals surface area contributed by atoms with Crippen LogP contribution in [-0.4, -0.2) is 35.2 Å². The number of aldehydes is 1. The van der Waals surface area contributed by atoms with Crippen LogP contribution >= 0.6 is 0 Å². The molecule has 0 saturated carbocycles. The summed E-state index contributed by atoms with van der Waals surface area (Å²) in [6.45, 7) is 0. The highest BCUT2D eigenvalue weighted by Crippen LogP contribution is 2.06. The second kappa shape index (κ2) is 4.35. The molecule has 13 heavy (non-hydrogen) atoms. The average molecular weight is 177 g/mol. The summed E-state index contributed by atoms with van der Waals surface area (Å²) in [5.41, 5.74) is 1.12. The number of allylic oxidation sites excluding steroid dienone is 1. The molecular formula is C9H11N3O. The molecule has 68 valence electrons. The van der Waals surface area contributed by atoms with Gasteiger partial charge in [-0.15, -0.1) is 0 Å². The van der Waals surface area contributed by atoms with Gasteiger partial charge in [0, 0.05) is 32.7 Å². The van der Waals surface area contributed by atoms with E-state index in [9.17, 15) is 4.79 Å². The number of rotatable bonds is 3. The van der Waals surface area contributed by atoms with Gasteiger partial charge in [0.1, 0.15) is 0 Å². The van der Waals surface area contributed by atoms with Crippen LogP contribution in [0.2, 0.25) is 0 Å². The van der Waals surface area contributed by atoms with E-state index in [1.54, 1.807) is 29.7 Å². The van der Waals surface area contributed by atoms with Gasteiger partial charge in [-0.25, -0.2) is 0 Å². The summed E-state index contributed by atoms with van der Waals surface area (Å²) in [4.78, 5) is 20.4. The van der Waals surface area contributed by atoms with E-state index in [0.29, 0.717) is 11.3 Å². The summed E-state index contributed by atoms with van der Waals surface area (Å²) in [7, 11) is 3.69.